The summed E-state index contributed by atoms with van der Waals surface area (Å²) in [4.78, 5) is 10.3. The third-order valence-electron chi connectivity index (χ3n) is 1.55. The lowest BCUT2D eigenvalue weighted by atomic mass is 9.85. The van der Waals surface area contributed by atoms with E-state index < -0.39 is 11.4 Å². The Labute approximate surface area is 47.7 Å². The number of nitrogens with one attached hydrogen (secondary N) is 1. The van der Waals surface area contributed by atoms with Gasteiger partial charge in [0.1, 0.15) is 0 Å². The predicted molar refractivity (Wildman–Crippen MR) is 28.6 cm³/mol. The zero-order valence-electron chi connectivity index (χ0n) is 4.77. The van der Waals surface area contributed by atoms with Crippen molar-refractivity contribution in [1.29, 1.82) is 0 Å². The molecule has 1 aliphatic heterocycles. The smallest absolute Gasteiger partial charge is 0.311 e. The quantitative estimate of drug-likeness (QED) is 0.492. The lowest BCUT2D eigenvalue weighted by Gasteiger charge is -2.34. The number of carbonyl (C=O) groups is 1. The van der Waals surface area contributed by atoms with Crippen molar-refractivity contribution in [3.05, 3.63) is 0 Å². The summed E-state index contributed by atoms with van der Waals surface area (Å²) >= 11 is 0. The summed E-state index contributed by atoms with van der Waals surface area (Å²) in [6.45, 7) is 2.97. The molecule has 0 aromatic heterocycles. The van der Waals surface area contributed by atoms with Crippen molar-refractivity contribution in [2.24, 2.45) is 5.41 Å². The van der Waals surface area contributed by atoms with Crippen molar-refractivity contribution in [2.75, 3.05) is 13.1 Å². The van der Waals surface area contributed by atoms with Crippen molar-refractivity contribution in [3.8, 4) is 0 Å². The summed E-state index contributed by atoms with van der Waals surface area (Å²) in [6, 6.07) is 0. The van der Waals surface area contributed by atoms with Crippen LogP contribution in [0.25, 0.3) is 0 Å². The van der Waals surface area contributed by atoms with Gasteiger partial charge in [0, 0.05) is 13.1 Å². The van der Waals surface area contributed by atoms with Crippen molar-refractivity contribution >= 4 is 5.97 Å². The van der Waals surface area contributed by atoms with Crippen LogP contribution in [-0.4, -0.2) is 24.2 Å². The number of hydrogen-bond acceptors (Lipinski definition) is 2. The molecule has 0 amide bonds. The normalized spacial score (nSPS) is 24.1. The minimum absolute atomic E-state index is 0.472. The molecule has 46 valence electrons. The number of carboxylic acids is 1. The first-order valence-electron chi connectivity index (χ1n) is 2.59. The van der Waals surface area contributed by atoms with Gasteiger partial charge in [-0.2, -0.15) is 0 Å². The second-order valence-corrected chi connectivity index (χ2v) is 2.47. The van der Waals surface area contributed by atoms with Crippen molar-refractivity contribution in [2.45, 2.75) is 6.92 Å². The first-order valence-corrected chi connectivity index (χ1v) is 2.59. The maximum absolute atomic E-state index is 10.3. The third kappa shape index (κ3) is 0.591. The van der Waals surface area contributed by atoms with Crippen molar-refractivity contribution in [1.82, 2.24) is 5.32 Å². The van der Waals surface area contributed by atoms with Gasteiger partial charge < -0.3 is 10.4 Å². The number of rotatable bonds is 1. The van der Waals surface area contributed by atoms with Gasteiger partial charge >= 0.3 is 5.97 Å². The Morgan fingerprint density at radius 1 is 1.75 bits per heavy atom. The Hall–Kier alpha value is -0.570. The van der Waals surface area contributed by atoms with E-state index in [1.807, 2.05) is 0 Å². The highest BCUT2D eigenvalue weighted by Gasteiger charge is 2.39. The molecule has 1 heterocycles. The van der Waals surface area contributed by atoms with Crippen LogP contribution >= 0.6 is 0 Å². The van der Waals surface area contributed by atoms with Gasteiger partial charge in [-0.3, -0.25) is 4.79 Å². The molecule has 0 aromatic rings. The van der Waals surface area contributed by atoms with Gasteiger partial charge in [-0.1, -0.05) is 0 Å². The summed E-state index contributed by atoms with van der Waals surface area (Å²) in [6.07, 6.45) is 0. The zero-order chi connectivity index (χ0) is 6.20. The van der Waals surface area contributed by atoms with E-state index in [1.54, 1.807) is 6.92 Å². The molecule has 0 radical (unpaired) electrons. The van der Waals surface area contributed by atoms with E-state index in [-0.39, 0.29) is 0 Å². The average Bonchev–Trinajstić information content (AvgIpc) is 1.60. The van der Waals surface area contributed by atoms with E-state index >= 15 is 0 Å². The van der Waals surface area contributed by atoms with Gasteiger partial charge in [0.2, 0.25) is 0 Å². The number of aliphatic carboxylic acids is 1. The Balaban J connectivity index is 2.53. The maximum atomic E-state index is 10.3. The van der Waals surface area contributed by atoms with Crippen LogP contribution in [0.4, 0.5) is 0 Å². The molecule has 1 aliphatic rings. The first kappa shape index (κ1) is 5.56. The van der Waals surface area contributed by atoms with Gasteiger partial charge in [-0.05, 0) is 6.92 Å². The van der Waals surface area contributed by atoms with E-state index in [0.717, 1.165) is 0 Å². The molecule has 0 bridgehead atoms. The van der Waals surface area contributed by atoms with Crippen LogP contribution in [0.5, 0.6) is 0 Å². The molecule has 3 nitrogen and oxygen atoms in total. The van der Waals surface area contributed by atoms with Crippen LogP contribution in [0.1, 0.15) is 6.92 Å². The molecule has 0 atom stereocenters. The molecule has 0 aromatic carbocycles. The predicted octanol–water partition coefficient (Wildman–Crippen LogP) is -0.320. The van der Waals surface area contributed by atoms with E-state index in [1.165, 1.54) is 0 Å². The Kier molecular flexibility index (Phi) is 1.01. The van der Waals surface area contributed by atoms with Gasteiger partial charge in [-0.15, -0.1) is 0 Å². The highest BCUT2D eigenvalue weighted by atomic mass is 16.4. The van der Waals surface area contributed by atoms with E-state index in [4.69, 9.17) is 5.11 Å². The number of carboxylic acid groups (broad SMARTS) is 1. The molecular weight excluding hydrogens is 106 g/mol. The molecule has 1 rings (SSSR count). The standard InChI is InChI=1S/C5H9NO2/c1-5(4(7)8)2-6-3-5/h6H,2-3H2,1H3,(H,7,8). The zero-order valence-corrected chi connectivity index (χ0v) is 4.77. The fourth-order valence-electron chi connectivity index (χ4n) is 0.651. The largest absolute Gasteiger partial charge is 0.481 e. The minimum atomic E-state index is -0.698. The van der Waals surface area contributed by atoms with Gasteiger partial charge in [0.15, 0.2) is 0 Å². The molecule has 0 saturated carbocycles. The molecule has 2 N–H and O–H groups in total. The van der Waals surface area contributed by atoms with Crippen molar-refractivity contribution in [3.63, 3.8) is 0 Å². The lowest BCUT2D eigenvalue weighted by molar-refractivity contribution is -0.150. The van der Waals surface area contributed by atoms with Crippen LogP contribution < -0.4 is 5.32 Å². The van der Waals surface area contributed by atoms with Crippen molar-refractivity contribution < 1.29 is 9.90 Å². The van der Waals surface area contributed by atoms with Crippen LogP contribution in [0.2, 0.25) is 0 Å². The molecule has 3 heteroatoms. The summed E-state index contributed by atoms with van der Waals surface area (Å²) in [5.74, 6) is -0.698. The molecule has 1 saturated heterocycles. The van der Waals surface area contributed by atoms with Crippen LogP contribution in [0.3, 0.4) is 0 Å². The second-order valence-electron chi connectivity index (χ2n) is 2.47. The topological polar surface area (TPSA) is 49.3 Å². The first-order chi connectivity index (χ1) is 3.65. The summed E-state index contributed by atoms with van der Waals surface area (Å²) in [7, 11) is 0. The Morgan fingerprint density at radius 3 is 2.25 bits per heavy atom. The summed E-state index contributed by atoms with van der Waals surface area (Å²) < 4.78 is 0. The van der Waals surface area contributed by atoms with Gasteiger partial charge in [0.25, 0.3) is 0 Å². The molecule has 1 fully saturated rings. The molecule has 0 unspecified atom stereocenters. The molecular formula is C5H9NO2. The van der Waals surface area contributed by atoms with Gasteiger partial charge in [0.05, 0.1) is 5.41 Å². The third-order valence-corrected chi connectivity index (χ3v) is 1.55. The van der Waals surface area contributed by atoms with Gasteiger partial charge in [-0.25, -0.2) is 0 Å². The average molecular weight is 115 g/mol. The van der Waals surface area contributed by atoms with Crippen LogP contribution in [0.15, 0.2) is 0 Å². The maximum Gasteiger partial charge on any atom is 0.311 e. The SMILES string of the molecule is CC1(C(=O)O)CNC1. The highest BCUT2D eigenvalue weighted by Crippen LogP contribution is 2.20. The van der Waals surface area contributed by atoms with Crippen LogP contribution in [-0.2, 0) is 4.79 Å². The Morgan fingerprint density at radius 2 is 2.25 bits per heavy atom. The second kappa shape index (κ2) is 1.45. The molecule has 0 spiro atoms. The summed E-state index contributed by atoms with van der Waals surface area (Å²) in [5.41, 5.74) is -0.472. The fraction of sp³-hybridized carbons (Fsp3) is 0.800. The lowest BCUT2D eigenvalue weighted by Crippen LogP contribution is -2.56. The summed E-state index contributed by atoms with van der Waals surface area (Å²) in [5, 5.41) is 11.4. The number of hydrogen-bond donors (Lipinski definition) is 2. The van der Waals surface area contributed by atoms with Crippen LogP contribution in [0, 0.1) is 5.41 Å². The van der Waals surface area contributed by atoms with E-state index in [2.05, 4.69) is 5.32 Å². The van der Waals surface area contributed by atoms with E-state index in [9.17, 15) is 4.79 Å². The molecule has 8 heavy (non-hydrogen) atoms. The van der Waals surface area contributed by atoms with E-state index in [0.29, 0.717) is 13.1 Å². The highest BCUT2D eigenvalue weighted by molar-refractivity contribution is 5.75. The monoisotopic (exact) mass is 115 g/mol. The molecule has 0 aliphatic carbocycles. The fourth-order valence-corrected chi connectivity index (χ4v) is 0.651. The minimum Gasteiger partial charge on any atom is -0.481 e. The Bertz CT molecular complexity index is 118.